The summed E-state index contributed by atoms with van der Waals surface area (Å²) in [6.45, 7) is 3.59. The molecule has 1 aliphatic rings. The lowest BCUT2D eigenvalue weighted by atomic mass is 10.2. The first-order chi connectivity index (χ1) is 12.5. The summed E-state index contributed by atoms with van der Waals surface area (Å²) < 4.78 is 28.7. The summed E-state index contributed by atoms with van der Waals surface area (Å²) in [6.07, 6.45) is 2.24. The second kappa shape index (κ2) is 6.25. The van der Waals surface area contributed by atoms with Crippen LogP contribution in [0.1, 0.15) is 35.7 Å². The van der Waals surface area contributed by atoms with Crippen LogP contribution in [0.15, 0.2) is 47.4 Å². The Kier molecular flexibility index (Phi) is 4.03. The summed E-state index contributed by atoms with van der Waals surface area (Å²) >= 11 is 0. The molecular weight excluding hydrogens is 348 g/mol. The maximum Gasteiger partial charge on any atom is 0.262 e. The number of nitrogens with one attached hydrogen (secondary N) is 2. The number of hydrogen-bond acceptors (Lipinski definition) is 4. The molecule has 1 aliphatic carbocycles. The van der Waals surface area contributed by atoms with E-state index < -0.39 is 10.0 Å². The summed E-state index contributed by atoms with van der Waals surface area (Å²) in [5.74, 6) is 1.83. The lowest BCUT2D eigenvalue weighted by Crippen LogP contribution is -2.16. The van der Waals surface area contributed by atoms with E-state index in [-0.39, 0.29) is 0 Å². The third-order valence-electron chi connectivity index (χ3n) is 4.56. The lowest BCUT2D eigenvalue weighted by molar-refractivity contribution is 0.600. The molecule has 0 unspecified atom stereocenters. The largest absolute Gasteiger partial charge is 0.279 e. The van der Waals surface area contributed by atoms with Crippen molar-refractivity contribution in [1.29, 1.82) is 0 Å². The molecule has 0 saturated heterocycles. The van der Waals surface area contributed by atoms with Crippen molar-refractivity contribution in [3.8, 4) is 11.4 Å². The second-order valence-electron chi connectivity index (χ2n) is 6.69. The van der Waals surface area contributed by atoms with Crippen molar-refractivity contribution < 1.29 is 8.42 Å². The molecule has 1 aromatic heterocycles. The third-order valence-corrected chi connectivity index (χ3v) is 6.23. The molecule has 2 N–H and O–H groups in total. The molecule has 0 bridgehead atoms. The Balaban J connectivity index is 1.72. The van der Waals surface area contributed by atoms with Gasteiger partial charge in [-0.1, -0.05) is 30.3 Å². The van der Waals surface area contributed by atoms with Gasteiger partial charge in [-0.2, -0.15) is 5.10 Å². The lowest BCUT2D eigenvalue weighted by Gasteiger charge is -2.14. The molecule has 0 radical (unpaired) electrons. The number of hydrogen-bond donors (Lipinski definition) is 2. The number of nitrogens with zero attached hydrogens (tertiary/aromatic N) is 2. The van der Waals surface area contributed by atoms with E-state index in [0.717, 1.165) is 18.7 Å². The SMILES string of the molecule is Cc1cccc(C)c1S(=O)(=O)Nc1ccccc1-c1n[nH]c(C2CC2)n1. The molecule has 4 rings (SSSR count). The van der Waals surface area contributed by atoms with Crippen LogP contribution in [0.25, 0.3) is 11.4 Å². The Morgan fingerprint density at radius 2 is 1.73 bits per heavy atom. The highest BCUT2D eigenvalue weighted by Crippen LogP contribution is 2.39. The van der Waals surface area contributed by atoms with Crippen LogP contribution < -0.4 is 4.72 Å². The Morgan fingerprint density at radius 1 is 1.04 bits per heavy atom. The number of aromatic amines is 1. The van der Waals surface area contributed by atoms with Crippen molar-refractivity contribution in [2.45, 2.75) is 37.5 Å². The molecule has 3 aromatic rings. The van der Waals surface area contributed by atoms with Crippen molar-refractivity contribution in [3.63, 3.8) is 0 Å². The van der Waals surface area contributed by atoms with Crippen LogP contribution in [0.4, 0.5) is 5.69 Å². The van der Waals surface area contributed by atoms with E-state index in [1.165, 1.54) is 0 Å². The maximum absolute atomic E-state index is 13.0. The minimum atomic E-state index is -3.72. The standard InChI is InChI=1S/C19H20N4O2S/c1-12-6-5-7-13(2)17(12)26(24,25)23-16-9-4-3-8-15(16)19-20-18(21-22-19)14-10-11-14/h3-9,14,23H,10-11H2,1-2H3,(H,20,21,22). The zero-order valence-electron chi connectivity index (χ0n) is 14.7. The molecule has 0 spiro atoms. The molecule has 134 valence electrons. The van der Waals surface area contributed by atoms with Gasteiger partial charge in [0.25, 0.3) is 10.0 Å². The quantitative estimate of drug-likeness (QED) is 0.718. The molecule has 7 heteroatoms. The molecule has 0 aliphatic heterocycles. The number of para-hydroxylation sites is 1. The molecule has 1 saturated carbocycles. The first-order valence-corrected chi connectivity index (χ1v) is 10.0. The number of anilines is 1. The number of benzene rings is 2. The minimum Gasteiger partial charge on any atom is -0.279 e. The Bertz CT molecular complexity index is 1050. The van der Waals surface area contributed by atoms with Crippen molar-refractivity contribution in [2.24, 2.45) is 0 Å². The van der Waals surface area contributed by atoms with E-state index in [1.807, 2.05) is 18.2 Å². The first kappa shape index (κ1) is 16.8. The van der Waals surface area contributed by atoms with Crippen LogP contribution in [-0.2, 0) is 10.0 Å². The molecule has 26 heavy (non-hydrogen) atoms. The van der Waals surface area contributed by atoms with Crippen molar-refractivity contribution in [2.75, 3.05) is 4.72 Å². The summed E-state index contributed by atoms with van der Waals surface area (Å²) in [5.41, 5.74) is 2.55. The van der Waals surface area contributed by atoms with Gasteiger partial charge < -0.3 is 0 Å². The maximum atomic E-state index is 13.0. The Morgan fingerprint density at radius 3 is 2.42 bits per heavy atom. The van der Waals surface area contributed by atoms with Gasteiger partial charge in [0, 0.05) is 11.5 Å². The van der Waals surface area contributed by atoms with Crippen LogP contribution in [0.3, 0.4) is 0 Å². The van der Waals surface area contributed by atoms with Crippen LogP contribution >= 0.6 is 0 Å². The van der Waals surface area contributed by atoms with E-state index in [0.29, 0.717) is 39.0 Å². The molecule has 0 amide bonds. The van der Waals surface area contributed by atoms with Crippen LogP contribution in [0, 0.1) is 13.8 Å². The zero-order valence-corrected chi connectivity index (χ0v) is 15.5. The molecule has 2 aromatic carbocycles. The highest BCUT2D eigenvalue weighted by Gasteiger charge is 2.28. The molecular formula is C19H20N4O2S. The summed E-state index contributed by atoms with van der Waals surface area (Å²) in [7, 11) is -3.72. The van der Waals surface area contributed by atoms with Gasteiger partial charge in [0.15, 0.2) is 5.82 Å². The second-order valence-corrected chi connectivity index (χ2v) is 8.31. The van der Waals surface area contributed by atoms with Gasteiger partial charge >= 0.3 is 0 Å². The Labute approximate surface area is 152 Å². The van der Waals surface area contributed by atoms with Crippen molar-refractivity contribution in [3.05, 3.63) is 59.4 Å². The normalized spacial score (nSPS) is 14.4. The molecule has 1 fully saturated rings. The fraction of sp³-hybridized carbons (Fsp3) is 0.263. The van der Waals surface area contributed by atoms with Gasteiger partial charge in [-0.3, -0.25) is 9.82 Å². The van der Waals surface area contributed by atoms with Gasteiger partial charge in [0.1, 0.15) is 5.82 Å². The predicted molar refractivity (Wildman–Crippen MR) is 101 cm³/mol. The average molecular weight is 368 g/mol. The fourth-order valence-electron chi connectivity index (χ4n) is 3.12. The number of aryl methyl sites for hydroxylation is 2. The number of H-pyrrole nitrogens is 1. The van der Waals surface area contributed by atoms with Crippen LogP contribution in [0.2, 0.25) is 0 Å². The fourth-order valence-corrected chi connectivity index (χ4v) is 4.67. The van der Waals surface area contributed by atoms with E-state index in [4.69, 9.17) is 0 Å². The van der Waals surface area contributed by atoms with Gasteiger partial charge in [0.2, 0.25) is 0 Å². The van der Waals surface area contributed by atoms with Gasteiger partial charge in [-0.15, -0.1) is 0 Å². The molecule has 6 nitrogen and oxygen atoms in total. The van der Waals surface area contributed by atoms with Crippen molar-refractivity contribution in [1.82, 2.24) is 15.2 Å². The highest BCUT2D eigenvalue weighted by atomic mass is 32.2. The minimum absolute atomic E-state index is 0.309. The zero-order chi connectivity index (χ0) is 18.3. The molecule has 0 atom stereocenters. The third kappa shape index (κ3) is 3.10. The average Bonchev–Trinajstić information content (AvgIpc) is 3.32. The van der Waals surface area contributed by atoms with E-state index >= 15 is 0 Å². The summed E-state index contributed by atoms with van der Waals surface area (Å²) in [5, 5.41) is 7.24. The van der Waals surface area contributed by atoms with Gasteiger partial charge in [-0.25, -0.2) is 13.4 Å². The summed E-state index contributed by atoms with van der Waals surface area (Å²) in [4.78, 5) is 4.85. The smallest absolute Gasteiger partial charge is 0.262 e. The van der Waals surface area contributed by atoms with E-state index in [9.17, 15) is 8.42 Å². The van der Waals surface area contributed by atoms with Gasteiger partial charge in [0.05, 0.1) is 10.6 Å². The predicted octanol–water partition coefficient (Wildman–Crippen LogP) is 3.77. The number of aromatic nitrogens is 3. The van der Waals surface area contributed by atoms with Gasteiger partial charge in [-0.05, 0) is 49.9 Å². The van der Waals surface area contributed by atoms with Crippen molar-refractivity contribution >= 4 is 15.7 Å². The summed E-state index contributed by atoms with van der Waals surface area (Å²) in [6, 6.07) is 12.6. The van der Waals surface area contributed by atoms with Crippen LogP contribution in [0.5, 0.6) is 0 Å². The Hall–Kier alpha value is -2.67. The topological polar surface area (TPSA) is 87.7 Å². The van der Waals surface area contributed by atoms with E-state index in [2.05, 4.69) is 19.9 Å². The van der Waals surface area contributed by atoms with Crippen LogP contribution in [-0.4, -0.2) is 23.6 Å². The monoisotopic (exact) mass is 368 g/mol. The molecule has 1 heterocycles. The first-order valence-electron chi connectivity index (χ1n) is 8.56. The highest BCUT2D eigenvalue weighted by molar-refractivity contribution is 7.92. The number of sulfonamides is 1. The van der Waals surface area contributed by atoms with E-state index in [1.54, 1.807) is 38.1 Å². The number of rotatable bonds is 5.